The Morgan fingerprint density at radius 1 is 1.14 bits per heavy atom. The molecule has 28 heavy (non-hydrogen) atoms. The number of anilines is 1. The van der Waals surface area contributed by atoms with Gasteiger partial charge in [0.15, 0.2) is 22.4 Å². The van der Waals surface area contributed by atoms with Gasteiger partial charge in [0.2, 0.25) is 0 Å². The molecule has 2 aromatic heterocycles. The summed E-state index contributed by atoms with van der Waals surface area (Å²) < 4.78 is 29.9. The minimum atomic E-state index is -0.729. The average Bonchev–Trinajstić information content (AvgIpc) is 3.03. The van der Waals surface area contributed by atoms with Gasteiger partial charge >= 0.3 is 0 Å². The van der Waals surface area contributed by atoms with E-state index in [0.29, 0.717) is 17.5 Å². The first-order chi connectivity index (χ1) is 13.4. The van der Waals surface area contributed by atoms with Crippen molar-refractivity contribution in [3.8, 4) is 11.4 Å². The summed E-state index contributed by atoms with van der Waals surface area (Å²) in [4.78, 5) is 10.9. The van der Waals surface area contributed by atoms with Gasteiger partial charge in [0.1, 0.15) is 11.6 Å². The fourth-order valence-corrected chi connectivity index (χ4v) is 3.87. The molecule has 0 aliphatic heterocycles. The van der Waals surface area contributed by atoms with Gasteiger partial charge in [-0.3, -0.25) is 0 Å². The van der Waals surface area contributed by atoms with Crippen LogP contribution in [0.2, 0.25) is 5.15 Å². The highest BCUT2D eigenvalue weighted by Crippen LogP contribution is 2.29. The Morgan fingerprint density at radius 2 is 1.82 bits per heavy atom. The van der Waals surface area contributed by atoms with Gasteiger partial charge in [0.05, 0.1) is 11.8 Å². The molecule has 9 heteroatoms. The standard InChI is InChI=1S/C19H21ClF2N6/c1-27(2)12-8-6-11(7-9-12)24-18-19-23-10-15(20)28(19)26-17(25-18)16-13(21)4-3-5-14(16)22/h3-5,10-12H,6-9H2,1-2H3,(H,24,25,26)/t11-,12-. The average molecular weight is 407 g/mol. The molecule has 0 radical (unpaired) electrons. The molecule has 6 nitrogen and oxygen atoms in total. The largest absolute Gasteiger partial charge is 0.364 e. The van der Waals surface area contributed by atoms with Crippen molar-refractivity contribution < 1.29 is 8.78 Å². The minimum absolute atomic E-state index is 0.0764. The van der Waals surface area contributed by atoms with Crippen molar-refractivity contribution in [3.63, 3.8) is 0 Å². The summed E-state index contributed by atoms with van der Waals surface area (Å²) in [7, 11) is 4.18. The first kappa shape index (κ1) is 19.0. The number of halogens is 3. The second-order valence-electron chi connectivity index (χ2n) is 7.31. The molecule has 1 N–H and O–H groups in total. The van der Waals surface area contributed by atoms with Gasteiger partial charge in [-0.05, 0) is 51.9 Å². The Labute approximate surface area is 166 Å². The summed E-state index contributed by atoms with van der Waals surface area (Å²) in [6, 6.07) is 4.42. The van der Waals surface area contributed by atoms with Crippen LogP contribution in [0, 0.1) is 11.6 Å². The molecule has 0 amide bonds. The molecule has 3 aromatic rings. The fraction of sp³-hybridized carbons (Fsp3) is 0.421. The molecule has 1 aliphatic rings. The topological polar surface area (TPSA) is 58.3 Å². The molecule has 148 valence electrons. The Balaban J connectivity index is 1.70. The minimum Gasteiger partial charge on any atom is -0.364 e. The fourth-order valence-electron chi connectivity index (χ4n) is 3.70. The predicted molar refractivity (Wildman–Crippen MR) is 104 cm³/mol. The summed E-state index contributed by atoms with van der Waals surface area (Å²) in [5.74, 6) is -1.11. The van der Waals surface area contributed by atoms with E-state index in [9.17, 15) is 8.78 Å². The third-order valence-corrected chi connectivity index (χ3v) is 5.53. The molecule has 1 fully saturated rings. The van der Waals surface area contributed by atoms with Crippen LogP contribution < -0.4 is 5.32 Å². The number of fused-ring (bicyclic) bond motifs is 1. The van der Waals surface area contributed by atoms with Gasteiger partial charge in [-0.15, -0.1) is 5.10 Å². The number of nitrogens with zero attached hydrogens (tertiary/aromatic N) is 5. The maximum Gasteiger partial charge on any atom is 0.198 e. The number of rotatable bonds is 4. The molecule has 0 unspecified atom stereocenters. The van der Waals surface area contributed by atoms with Crippen molar-refractivity contribution in [1.29, 1.82) is 0 Å². The summed E-state index contributed by atoms with van der Waals surface area (Å²) in [6.07, 6.45) is 5.51. The van der Waals surface area contributed by atoms with Gasteiger partial charge < -0.3 is 10.2 Å². The van der Waals surface area contributed by atoms with E-state index in [1.54, 1.807) is 0 Å². The quantitative estimate of drug-likeness (QED) is 0.709. The number of hydrogen-bond acceptors (Lipinski definition) is 5. The van der Waals surface area contributed by atoms with Crippen LogP contribution in [-0.2, 0) is 0 Å². The molecule has 1 saturated carbocycles. The van der Waals surface area contributed by atoms with E-state index in [1.165, 1.54) is 28.9 Å². The summed E-state index contributed by atoms with van der Waals surface area (Å²) in [6.45, 7) is 0. The van der Waals surface area contributed by atoms with Gasteiger partial charge in [0.25, 0.3) is 0 Å². The maximum absolute atomic E-state index is 14.3. The Morgan fingerprint density at radius 3 is 2.46 bits per heavy atom. The number of hydrogen-bond donors (Lipinski definition) is 1. The molecule has 4 rings (SSSR count). The van der Waals surface area contributed by atoms with Gasteiger partial charge in [-0.1, -0.05) is 17.7 Å². The number of imidazole rings is 1. The molecule has 0 spiro atoms. The van der Waals surface area contributed by atoms with Crippen molar-refractivity contribution in [1.82, 2.24) is 24.5 Å². The van der Waals surface area contributed by atoms with Crippen molar-refractivity contribution in [2.45, 2.75) is 37.8 Å². The third-order valence-electron chi connectivity index (χ3n) is 5.27. The number of aromatic nitrogens is 4. The summed E-state index contributed by atoms with van der Waals surface area (Å²) >= 11 is 6.17. The lowest BCUT2D eigenvalue weighted by atomic mass is 9.90. The highest BCUT2D eigenvalue weighted by molar-refractivity contribution is 6.29. The molecule has 1 aliphatic carbocycles. The SMILES string of the molecule is CN(C)[C@H]1CC[C@H](Nc2nc(-c3c(F)cccc3F)nn3c(Cl)cnc23)CC1. The number of nitrogens with one attached hydrogen (secondary N) is 1. The van der Waals surface area contributed by atoms with Crippen molar-refractivity contribution in [2.24, 2.45) is 0 Å². The van der Waals surface area contributed by atoms with E-state index in [1.807, 2.05) is 0 Å². The number of benzene rings is 1. The van der Waals surface area contributed by atoms with Crippen LogP contribution >= 0.6 is 11.6 Å². The van der Waals surface area contributed by atoms with Crippen molar-refractivity contribution in [2.75, 3.05) is 19.4 Å². The molecule has 0 atom stereocenters. The first-order valence-corrected chi connectivity index (χ1v) is 9.60. The Kier molecular flexibility index (Phi) is 5.16. The molecule has 2 heterocycles. The van der Waals surface area contributed by atoms with E-state index in [2.05, 4.69) is 39.4 Å². The van der Waals surface area contributed by atoms with Gasteiger partial charge in [-0.2, -0.15) is 4.52 Å². The van der Waals surface area contributed by atoms with Crippen LogP contribution in [0.1, 0.15) is 25.7 Å². The Bertz CT molecular complexity index is 977. The second kappa shape index (κ2) is 7.60. The zero-order valence-electron chi connectivity index (χ0n) is 15.7. The Hall–Kier alpha value is -2.32. The zero-order chi connectivity index (χ0) is 19.8. The molecular weight excluding hydrogens is 386 g/mol. The predicted octanol–water partition coefficient (Wildman–Crippen LogP) is 4.01. The van der Waals surface area contributed by atoms with E-state index in [-0.39, 0.29) is 22.6 Å². The summed E-state index contributed by atoms with van der Waals surface area (Å²) in [5.41, 5.74) is 0.147. The van der Waals surface area contributed by atoms with E-state index >= 15 is 0 Å². The third kappa shape index (κ3) is 3.54. The van der Waals surface area contributed by atoms with Gasteiger partial charge in [0, 0.05) is 12.1 Å². The van der Waals surface area contributed by atoms with E-state index in [4.69, 9.17) is 11.6 Å². The molecular formula is C19H21ClF2N6. The van der Waals surface area contributed by atoms with Crippen LogP contribution in [0.4, 0.5) is 14.6 Å². The van der Waals surface area contributed by atoms with Crippen LogP contribution in [0.3, 0.4) is 0 Å². The van der Waals surface area contributed by atoms with Crippen molar-refractivity contribution >= 4 is 23.1 Å². The second-order valence-corrected chi connectivity index (χ2v) is 7.70. The lowest BCUT2D eigenvalue weighted by Gasteiger charge is -2.33. The lowest BCUT2D eigenvalue weighted by molar-refractivity contribution is 0.221. The highest BCUT2D eigenvalue weighted by atomic mass is 35.5. The van der Waals surface area contributed by atoms with Crippen LogP contribution in [0.5, 0.6) is 0 Å². The van der Waals surface area contributed by atoms with E-state index in [0.717, 1.165) is 25.7 Å². The van der Waals surface area contributed by atoms with Crippen LogP contribution in [0.15, 0.2) is 24.4 Å². The zero-order valence-corrected chi connectivity index (χ0v) is 16.4. The highest BCUT2D eigenvalue weighted by Gasteiger charge is 2.25. The smallest absolute Gasteiger partial charge is 0.198 e. The molecule has 0 bridgehead atoms. The molecule has 0 saturated heterocycles. The maximum atomic E-state index is 14.3. The molecule has 1 aromatic carbocycles. The monoisotopic (exact) mass is 406 g/mol. The van der Waals surface area contributed by atoms with E-state index < -0.39 is 11.6 Å². The van der Waals surface area contributed by atoms with Crippen molar-refractivity contribution in [3.05, 3.63) is 41.2 Å². The van der Waals surface area contributed by atoms with Gasteiger partial charge in [-0.25, -0.2) is 18.7 Å². The van der Waals surface area contributed by atoms with Crippen LogP contribution in [0.25, 0.3) is 17.0 Å². The van der Waals surface area contributed by atoms with Crippen LogP contribution in [-0.4, -0.2) is 50.7 Å². The lowest BCUT2D eigenvalue weighted by Crippen LogP contribution is -2.36. The normalized spacial score (nSPS) is 20.1. The summed E-state index contributed by atoms with van der Waals surface area (Å²) in [5, 5.41) is 7.83. The first-order valence-electron chi connectivity index (χ1n) is 9.22.